The zero-order chi connectivity index (χ0) is 19.9. The van der Waals surface area contributed by atoms with Crippen molar-refractivity contribution in [3.8, 4) is 0 Å². The molecule has 0 saturated carbocycles. The van der Waals surface area contributed by atoms with Crippen molar-refractivity contribution in [2.24, 2.45) is 4.99 Å². The van der Waals surface area contributed by atoms with Crippen molar-refractivity contribution in [1.82, 2.24) is 20.3 Å². The highest BCUT2D eigenvalue weighted by Crippen LogP contribution is 2.13. The van der Waals surface area contributed by atoms with Gasteiger partial charge in [0, 0.05) is 44.3 Å². The molecule has 1 aliphatic rings. The average Bonchev–Trinajstić information content (AvgIpc) is 3.17. The zero-order valence-corrected chi connectivity index (χ0v) is 17.1. The lowest BCUT2D eigenvalue weighted by Gasteiger charge is -2.36. The number of hydrogen-bond donors (Lipinski definition) is 1. The molecule has 7 nitrogen and oxygen atoms in total. The van der Waals surface area contributed by atoms with Crippen molar-refractivity contribution in [1.29, 1.82) is 0 Å². The van der Waals surface area contributed by atoms with E-state index in [1.165, 1.54) is 0 Å². The van der Waals surface area contributed by atoms with Gasteiger partial charge in [-0.3, -0.25) is 9.79 Å². The maximum absolute atomic E-state index is 12.6. The predicted octanol–water partition coefficient (Wildman–Crippen LogP) is 2.35. The van der Waals surface area contributed by atoms with Crippen LogP contribution in [0.5, 0.6) is 0 Å². The Morgan fingerprint density at radius 1 is 1.25 bits per heavy atom. The fourth-order valence-electron chi connectivity index (χ4n) is 3.21. The van der Waals surface area contributed by atoms with Crippen molar-refractivity contribution in [2.75, 3.05) is 33.2 Å². The summed E-state index contributed by atoms with van der Waals surface area (Å²) in [4.78, 5) is 21.0. The molecule has 1 aromatic heterocycles. The number of guanidine groups is 1. The third-order valence-corrected chi connectivity index (χ3v) is 5.01. The lowest BCUT2D eigenvalue weighted by Crippen LogP contribution is -2.53. The van der Waals surface area contributed by atoms with Gasteiger partial charge in [0.25, 0.3) is 0 Å². The Morgan fingerprint density at radius 3 is 2.64 bits per heavy atom. The van der Waals surface area contributed by atoms with Crippen molar-refractivity contribution in [3.63, 3.8) is 0 Å². The Balaban J connectivity index is 1.48. The third-order valence-electron chi connectivity index (χ3n) is 4.78. The van der Waals surface area contributed by atoms with Crippen LogP contribution in [0, 0.1) is 0 Å². The molecule has 28 heavy (non-hydrogen) atoms. The van der Waals surface area contributed by atoms with E-state index in [9.17, 15) is 4.79 Å². The van der Waals surface area contributed by atoms with Crippen molar-refractivity contribution in [2.45, 2.75) is 26.3 Å². The van der Waals surface area contributed by atoms with E-state index in [4.69, 9.17) is 16.1 Å². The molecule has 1 fully saturated rings. The smallest absolute Gasteiger partial charge is 0.227 e. The highest BCUT2D eigenvalue weighted by atomic mass is 35.5. The molecule has 1 aromatic carbocycles. The molecular weight excluding hydrogens is 378 g/mol. The molecule has 3 rings (SSSR count). The van der Waals surface area contributed by atoms with E-state index in [1.807, 2.05) is 42.2 Å². The number of aliphatic imine (C=N–C) groups is 1. The number of hydrogen-bond acceptors (Lipinski definition) is 4. The molecule has 2 aromatic rings. The van der Waals surface area contributed by atoms with Crippen molar-refractivity contribution >= 4 is 23.5 Å². The van der Waals surface area contributed by atoms with Crippen LogP contribution in [-0.4, -0.2) is 60.0 Å². The van der Waals surface area contributed by atoms with E-state index in [1.54, 1.807) is 7.05 Å². The maximum atomic E-state index is 12.6. The molecule has 0 radical (unpaired) electrons. The van der Waals surface area contributed by atoms with Gasteiger partial charge in [-0.15, -0.1) is 0 Å². The van der Waals surface area contributed by atoms with Gasteiger partial charge in [0.2, 0.25) is 5.91 Å². The summed E-state index contributed by atoms with van der Waals surface area (Å²) in [7, 11) is 1.76. The van der Waals surface area contributed by atoms with E-state index in [2.05, 4.69) is 20.4 Å². The fourth-order valence-corrected chi connectivity index (χ4v) is 3.42. The number of benzene rings is 1. The van der Waals surface area contributed by atoms with Gasteiger partial charge < -0.3 is 19.6 Å². The minimum absolute atomic E-state index is 0.124. The number of nitrogens with one attached hydrogen (secondary N) is 1. The Labute approximate surface area is 170 Å². The molecule has 0 aliphatic carbocycles. The largest absolute Gasteiger partial charge is 0.359 e. The molecule has 150 valence electrons. The topological polar surface area (TPSA) is 74.0 Å². The zero-order valence-electron chi connectivity index (χ0n) is 16.3. The first kappa shape index (κ1) is 20.2. The Bertz CT molecular complexity index is 828. The molecule has 2 heterocycles. The highest BCUT2D eigenvalue weighted by Gasteiger charge is 2.23. The summed E-state index contributed by atoms with van der Waals surface area (Å²) in [6.45, 7) is 5.38. The second-order valence-corrected chi connectivity index (χ2v) is 7.15. The second kappa shape index (κ2) is 9.59. The van der Waals surface area contributed by atoms with Gasteiger partial charge in [-0.1, -0.05) is 35.8 Å². The maximum Gasteiger partial charge on any atom is 0.227 e. The quantitative estimate of drug-likeness (QED) is 0.612. The van der Waals surface area contributed by atoms with Crippen LogP contribution < -0.4 is 5.32 Å². The molecule has 0 bridgehead atoms. The van der Waals surface area contributed by atoms with E-state index in [-0.39, 0.29) is 5.91 Å². The van der Waals surface area contributed by atoms with Crippen LogP contribution in [0.2, 0.25) is 5.02 Å². The number of amides is 1. The van der Waals surface area contributed by atoms with Crippen LogP contribution in [0.25, 0.3) is 0 Å². The number of carbonyl (C=O) groups is 1. The first-order valence-corrected chi connectivity index (χ1v) is 9.89. The summed E-state index contributed by atoms with van der Waals surface area (Å²) in [5.74, 6) is 1.71. The minimum Gasteiger partial charge on any atom is -0.359 e. The normalized spacial score (nSPS) is 15.0. The number of carbonyl (C=O) groups excluding carboxylic acids is 1. The van der Waals surface area contributed by atoms with Gasteiger partial charge >= 0.3 is 0 Å². The van der Waals surface area contributed by atoms with E-state index >= 15 is 0 Å². The van der Waals surface area contributed by atoms with Gasteiger partial charge in [-0.2, -0.15) is 0 Å². The number of aryl methyl sites for hydroxylation is 1. The summed E-state index contributed by atoms with van der Waals surface area (Å²) in [5.41, 5.74) is 1.88. The number of piperazine rings is 1. The highest BCUT2D eigenvalue weighted by molar-refractivity contribution is 6.30. The van der Waals surface area contributed by atoms with Gasteiger partial charge in [-0.25, -0.2) is 0 Å². The summed E-state index contributed by atoms with van der Waals surface area (Å²) < 4.78 is 5.30. The van der Waals surface area contributed by atoms with Crippen molar-refractivity contribution in [3.05, 3.63) is 52.4 Å². The third kappa shape index (κ3) is 5.25. The average molecular weight is 404 g/mol. The molecule has 1 N–H and O–H groups in total. The van der Waals surface area contributed by atoms with Crippen LogP contribution in [-0.2, 0) is 24.2 Å². The molecule has 0 unspecified atom stereocenters. The van der Waals surface area contributed by atoms with E-state index < -0.39 is 0 Å². The molecule has 1 saturated heterocycles. The Hall–Kier alpha value is -2.54. The molecule has 0 atom stereocenters. The lowest BCUT2D eigenvalue weighted by atomic mass is 10.1. The first-order valence-electron chi connectivity index (χ1n) is 9.51. The van der Waals surface area contributed by atoms with Crippen LogP contribution in [0.1, 0.15) is 23.9 Å². The van der Waals surface area contributed by atoms with Crippen molar-refractivity contribution < 1.29 is 9.32 Å². The predicted molar refractivity (Wildman–Crippen MR) is 109 cm³/mol. The lowest BCUT2D eigenvalue weighted by molar-refractivity contribution is -0.131. The van der Waals surface area contributed by atoms with E-state index in [0.29, 0.717) is 31.1 Å². The summed E-state index contributed by atoms with van der Waals surface area (Å²) in [6, 6.07) is 9.41. The van der Waals surface area contributed by atoms with Gasteiger partial charge in [-0.05, 0) is 24.1 Å². The van der Waals surface area contributed by atoms with Gasteiger partial charge in [0.1, 0.15) is 0 Å². The number of nitrogens with zero attached hydrogens (tertiary/aromatic N) is 4. The van der Waals surface area contributed by atoms with Crippen LogP contribution >= 0.6 is 11.6 Å². The summed E-state index contributed by atoms with van der Waals surface area (Å²) >= 11 is 6.01. The van der Waals surface area contributed by atoms with Crippen LogP contribution in [0.3, 0.4) is 0 Å². The Kier molecular flexibility index (Phi) is 6.92. The monoisotopic (exact) mass is 403 g/mol. The first-order chi connectivity index (χ1) is 13.6. The minimum atomic E-state index is 0.124. The fraction of sp³-hybridized carbons (Fsp3) is 0.450. The molecule has 1 amide bonds. The standard InChI is InChI=1S/C20H26ClN5O2/c1-3-17-13-18(28-24-17)14-23-20(22-2)26-9-7-25(8-10-26)19(27)12-15-5-4-6-16(21)11-15/h4-6,11,13H,3,7-10,12,14H2,1-2H3,(H,22,23). The second-order valence-electron chi connectivity index (χ2n) is 6.71. The van der Waals surface area contributed by atoms with Crippen LogP contribution in [0.4, 0.5) is 0 Å². The SMILES string of the molecule is CCc1cc(CNC(=NC)N2CCN(C(=O)Cc3cccc(Cl)c3)CC2)on1. The molecule has 0 spiro atoms. The number of halogens is 1. The molecule has 1 aliphatic heterocycles. The van der Waals surface area contributed by atoms with Gasteiger partial charge in [0.05, 0.1) is 18.7 Å². The van der Waals surface area contributed by atoms with Gasteiger partial charge in [0.15, 0.2) is 11.7 Å². The number of rotatable bonds is 5. The van der Waals surface area contributed by atoms with E-state index in [0.717, 1.165) is 42.5 Å². The number of aromatic nitrogens is 1. The summed E-state index contributed by atoms with van der Waals surface area (Å²) in [6.07, 6.45) is 1.22. The summed E-state index contributed by atoms with van der Waals surface area (Å²) in [5, 5.41) is 7.96. The Morgan fingerprint density at radius 2 is 2.00 bits per heavy atom. The van der Waals surface area contributed by atoms with Crippen LogP contribution in [0.15, 0.2) is 39.8 Å². The molecule has 8 heteroatoms. The molecular formula is C20H26ClN5O2.